The van der Waals surface area contributed by atoms with Gasteiger partial charge in [0.05, 0.1) is 10.7 Å². The van der Waals surface area contributed by atoms with Gasteiger partial charge < -0.3 is 10.1 Å². The van der Waals surface area contributed by atoms with Gasteiger partial charge in [0.15, 0.2) is 6.10 Å². The van der Waals surface area contributed by atoms with E-state index in [1.807, 2.05) is 24.3 Å². The second-order valence-electron chi connectivity index (χ2n) is 6.03. The number of hydrogen-bond donors (Lipinski definition) is 3. The van der Waals surface area contributed by atoms with Gasteiger partial charge in [0, 0.05) is 0 Å². The van der Waals surface area contributed by atoms with Crippen LogP contribution in [-0.2, 0) is 4.79 Å². The second kappa shape index (κ2) is 9.10. The number of urea groups is 1. The Morgan fingerprint density at radius 1 is 0.962 bits per heavy atom. The lowest BCUT2D eigenvalue weighted by molar-refractivity contribution is -0.127. The van der Waals surface area contributed by atoms with Crippen LogP contribution < -0.4 is 20.9 Å². The van der Waals surface area contributed by atoms with Crippen molar-refractivity contribution in [1.29, 1.82) is 0 Å². The Hall–Kier alpha value is -2.73. The van der Waals surface area contributed by atoms with Crippen LogP contribution in [0.4, 0.5) is 10.5 Å². The van der Waals surface area contributed by atoms with Crippen molar-refractivity contribution in [2.24, 2.45) is 0 Å². The molecule has 3 amide bonds. The highest BCUT2D eigenvalue weighted by molar-refractivity contribution is 6.33. The molecule has 3 N–H and O–H groups in total. The van der Waals surface area contributed by atoms with Crippen molar-refractivity contribution >= 4 is 29.2 Å². The fourth-order valence-electron chi connectivity index (χ4n) is 2.13. The number of anilines is 1. The molecule has 0 radical (unpaired) electrons. The molecule has 0 heterocycles. The number of amides is 3. The van der Waals surface area contributed by atoms with E-state index in [2.05, 4.69) is 30.0 Å². The fourth-order valence-corrected chi connectivity index (χ4v) is 2.31. The first-order valence-corrected chi connectivity index (χ1v) is 8.62. The quantitative estimate of drug-likeness (QED) is 0.689. The van der Waals surface area contributed by atoms with Crippen molar-refractivity contribution in [3.05, 3.63) is 59.1 Å². The molecule has 1 atom stereocenters. The Morgan fingerprint density at radius 3 is 2.23 bits per heavy atom. The van der Waals surface area contributed by atoms with Gasteiger partial charge in [0.1, 0.15) is 5.75 Å². The summed E-state index contributed by atoms with van der Waals surface area (Å²) in [5.74, 6) is 0.524. The van der Waals surface area contributed by atoms with Crippen molar-refractivity contribution in [3.63, 3.8) is 0 Å². The zero-order valence-electron chi connectivity index (χ0n) is 14.9. The van der Waals surface area contributed by atoms with Crippen LogP contribution in [0.3, 0.4) is 0 Å². The van der Waals surface area contributed by atoms with Gasteiger partial charge >= 0.3 is 6.03 Å². The minimum absolute atomic E-state index is 0.399. The third-order valence-corrected chi connectivity index (χ3v) is 3.98. The molecule has 0 unspecified atom stereocenters. The molecule has 7 heteroatoms. The summed E-state index contributed by atoms with van der Waals surface area (Å²) in [5, 5.41) is 2.93. The van der Waals surface area contributed by atoms with Crippen molar-refractivity contribution in [3.8, 4) is 5.75 Å². The van der Waals surface area contributed by atoms with Crippen molar-refractivity contribution in [2.75, 3.05) is 5.32 Å². The SMILES string of the molecule is CC(C)c1ccc(O[C@H](C)C(=O)NNC(=O)Nc2ccccc2Cl)cc1. The van der Waals surface area contributed by atoms with Crippen LogP contribution in [0.5, 0.6) is 5.75 Å². The number of carbonyl (C=O) groups is 2. The van der Waals surface area contributed by atoms with Gasteiger partial charge in [-0.25, -0.2) is 10.2 Å². The smallest absolute Gasteiger partial charge is 0.337 e. The number of nitrogens with one attached hydrogen (secondary N) is 3. The van der Waals surface area contributed by atoms with Gasteiger partial charge in [0.25, 0.3) is 5.91 Å². The van der Waals surface area contributed by atoms with Crippen LogP contribution >= 0.6 is 11.6 Å². The summed E-state index contributed by atoms with van der Waals surface area (Å²) >= 11 is 5.95. The Labute approximate surface area is 157 Å². The monoisotopic (exact) mass is 375 g/mol. The molecule has 6 nitrogen and oxygen atoms in total. The van der Waals surface area contributed by atoms with Crippen LogP contribution in [0.1, 0.15) is 32.3 Å². The van der Waals surface area contributed by atoms with E-state index in [9.17, 15) is 9.59 Å². The Morgan fingerprint density at radius 2 is 1.62 bits per heavy atom. The van der Waals surface area contributed by atoms with Gasteiger partial charge in [-0.2, -0.15) is 0 Å². The number of carbonyl (C=O) groups excluding carboxylic acids is 2. The topological polar surface area (TPSA) is 79.5 Å². The van der Waals surface area contributed by atoms with E-state index < -0.39 is 18.0 Å². The molecular weight excluding hydrogens is 354 g/mol. The summed E-state index contributed by atoms with van der Waals surface area (Å²) in [7, 11) is 0. The minimum Gasteiger partial charge on any atom is -0.481 e. The molecule has 0 spiro atoms. The third kappa shape index (κ3) is 5.67. The number of benzene rings is 2. The van der Waals surface area contributed by atoms with E-state index in [0.29, 0.717) is 22.4 Å². The van der Waals surface area contributed by atoms with Gasteiger partial charge in [0.2, 0.25) is 0 Å². The maximum Gasteiger partial charge on any atom is 0.337 e. The van der Waals surface area contributed by atoms with E-state index in [4.69, 9.17) is 16.3 Å². The normalized spacial score (nSPS) is 11.6. The first-order chi connectivity index (χ1) is 12.4. The fraction of sp³-hybridized carbons (Fsp3) is 0.263. The highest BCUT2D eigenvalue weighted by atomic mass is 35.5. The number of halogens is 1. The molecule has 0 aliphatic rings. The molecule has 26 heavy (non-hydrogen) atoms. The maximum absolute atomic E-state index is 12.0. The number of ether oxygens (including phenoxy) is 1. The largest absolute Gasteiger partial charge is 0.481 e. The molecule has 0 fully saturated rings. The Bertz CT molecular complexity index is 763. The number of hydrazine groups is 1. The highest BCUT2D eigenvalue weighted by Crippen LogP contribution is 2.20. The Balaban J connectivity index is 1.81. The highest BCUT2D eigenvalue weighted by Gasteiger charge is 2.15. The summed E-state index contributed by atoms with van der Waals surface area (Å²) in [5.41, 5.74) is 6.19. The number of para-hydroxylation sites is 1. The van der Waals surface area contributed by atoms with Crippen molar-refractivity contribution < 1.29 is 14.3 Å². The molecule has 0 aliphatic carbocycles. The molecular formula is C19H22ClN3O3. The lowest BCUT2D eigenvalue weighted by Crippen LogP contribution is -2.48. The molecule has 2 rings (SSSR count). The zero-order valence-corrected chi connectivity index (χ0v) is 15.6. The van der Waals surface area contributed by atoms with Crippen LogP contribution in [-0.4, -0.2) is 18.0 Å². The molecule has 2 aromatic carbocycles. The van der Waals surface area contributed by atoms with Crippen molar-refractivity contribution in [2.45, 2.75) is 32.8 Å². The summed E-state index contributed by atoms with van der Waals surface area (Å²) < 4.78 is 5.58. The minimum atomic E-state index is -0.777. The van der Waals surface area contributed by atoms with Gasteiger partial charge in [-0.1, -0.05) is 49.7 Å². The van der Waals surface area contributed by atoms with E-state index in [1.165, 1.54) is 5.56 Å². The van der Waals surface area contributed by atoms with Crippen molar-refractivity contribution in [1.82, 2.24) is 10.9 Å². The Kier molecular flexibility index (Phi) is 6.86. The summed E-state index contributed by atoms with van der Waals surface area (Å²) in [6.07, 6.45) is -0.777. The first kappa shape index (κ1) is 19.6. The van der Waals surface area contributed by atoms with E-state index in [-0.39, 0.29) is 0 Å². The summed E-state index contributed by atoms with van der Waals surface area (Å²) in [6, 6.07) is 13.7. The summed E-state index contributed by atoms with van der Waals surface area (Å²) in [4.78, 5) is 23.9. The van der Waals surface area contributed by atoms with E-state index >= 15 is 0 Å². The molecule has 0 aliphatic heterocycles. The zero-order chi connectivity index (χ0) is 19.1. The lowest BCUT2D eigenvalue weighted by Gasteiger charge is -2.16. The average molecular weight is 376 g/mol. The van der Waals surface area contributed by atoms with Crippen LogP contribution in [0.25, 0.3) is 0 Å². The van der Waals surface area contributed by atoms with Crippen LogP contribution in [0.15, 0.2) is 48.5 Å². The number of rotatable bonds is 5. The predicted octanol–water partition coefficient (Wildman–Crippen LogP) is 4.08. The molecule has 2 aromatic rings. The van der Waals surface area contributed by atoms with Gasteiger partial charge in [-0.05, 0) is 42.7 Å². The van der Waals surface area contributed by atoms with Crippen LogP contribution in [0, 0.1) is 0 Å². The molecule has 0 aromatic heterocycles. The third-order valence-electron chi connectivity index (χ3n) is 3.65. The predicted molar refractivity (Wildman–Crippen MR) is 102 cm³/mol. The first-order valence-electron chi connectivity index (χ1n) is 8.25. The van der Waals surface area contributed by atoms with Crippen LogP contribution in [0.2, 0.25) is 5.02 Å². The van der Waals surface area contributed by atoms with Gasteiger partial charge in [-0.15, -0.1) is 0 Å². The van der Waals surface area contributed by atoms with E-state index in [1.54, 1.807) is 31.2 Å². The molecule has 0 saturated heterocycles. The number of hydrogen-bond acceptors (Lipinski definition) is 3. The maximum atomic E-state index is 12.0. The molecule has 0 saturated carbocycles. The van der Waals surface area contributed by atoms with Gasteiger partial charge in [-0.3, -0.25) is 10.2 Å². The molecule has 138 valence electrons. The van der Waals surface area contributed by atoms with E-state index in [0.717, 1.165) is 0 Å². The lowest BCUT2D eigenvalue weighted by atomic mass is 10.0. The second-order valence-corrected chi connectivity index (χ2v) is 6.44. The molecule has 0 bridgehead atoms. The average Bonchev–Trinajstić information content (AvgIpc) is 2.62. The standard InChI is InChI=1S/C19H22ClN3O3/c1-12(2)14-8-10-15(11-9-14)26-13(3)18(24)22-23-19(25)21-17-7-5-4-6-16(17)20/h4-13H,1-3H3,(H,22,24)(H2,21,23,25)/t13-/m1/s1. The summed E-state index contributed by atoms with van der Waals surface area (Å²) in [6.45, 7) is 5.80.